The molecular formula is C19H32O4S3. The van der Waals surface area contributed by atoms with Gasteiger partial charge in [-0.15, -0.1) is 0 Å². The van der Waals surface area contributed by atoms with Crippen LogP contribution in [-0.2, 0) is 18.2 Å². The van der Waals surface area contributed by atoms with Crippen LogP contribution in [0.2, 0.25) is 0 Å². The van der Waals surface area contributed by atoms with Crippen molar-refractivity contribution < 1.29 is 16.8 Å². The van der Waals surface area contributed by atoms with Gasteiger partial charge in [0.15, 0.2) is 9.84 Å². The van der Waals surface area contributed by atoms with Gasteiger partial charge in [-0.1, -0.05) is 18.2 Å². The van der Waals surface area contributed by atoms with Crippen LogP contribution in [0.5, 0.6) is 0 Å². The monoisotopic (exact) mass is 420 g/mol. The summed E-state index contributed by atoms with van der Waals surface area (Å²) in [6.45, 7) is 5.49. The van der Waals surface area contributed by atoms with Crippen LogP contribution in [0.25, 0.3) is 0 Å². The average Bonchev–Trinajstić information content (AvgIpc) is 2.57. The maximum Gasteiger partial charge on any atom is 0.179 e. The number of hydrogen-bond donors (Lipinski definition) is 0. The van der Waals surface area contributed by atoms with Gasteiger partial charge in [0.1, 0.15) is 0 Å². The summed E-state index contributed by atoms with van der Waals surface area (Å²) < 4.78 is 36.9. The van der Waals surface area contributed by atoms with Gasteiger partial charge in [-0.25, -0.2) is 8.42 Å². The van der Waals surface area contributed by atoms with Crippen molar-refractivity contribution in [2.24, 2.45) is 0 Å². The Morgan fingerprint density at radius 3 is 2.19 bits per heavy atom. The first kappa shape index (κ1) is 22.1. The van der Waals surface area contributed by atoms with Gasteiger partial charge < -0.3 is 0 Å². The molecule has 1 aliphatic carbocycles. The quantitative estimate of drug-likeness (QED) is 0.427. The zero-order valence-electron chi connectivity index (χ0n) is 15.9. The predicted molar refractivity (Wildman–Crippen MR) is 114 cm³/mol. The topological polar surface area (TPSA) is 52.6 Å². The summed E-state index contributed by atoms with van der Waals surface area (Å²) in [7, 11) is -4.60. The first-order valence-electron chi connectivity index (χ1n) is 9.48. The Balaban J connectivity index is 1.74. The zero-order chi connectivity index (χ0) is 18.9. The molecule has 0 amide bonds. The third-order valence-electron chi connectivity index (χ3n) is 4.51. The summed E-state index contributed by atoms with van der Waals surface area (Å²) in [5, 5.41) is 0.589. The van der Waals surface area contributed by atoms with Crippen molar-refractivity contribution in [3.63, 3.8) is 0 Å². The van der Waals surface area contributed by atoms with Crippen LogP contribution in [0, 0.1) is 0 Å². The van der Waals surface area contributed by atoms with Gasteiger partial charge in [0, 0.05) is 16.8 Å². The fourth-order valence-electron chi connectivity index (χ4n) is 3.02. The van der Waals surface area contributed by atoms with Crippen LogP contribution >= 0.6 is 22.4 Å². The molecule has 1 aromatic rings. The van der Waals surface area contributed by atoms with Crippen LogP contribution < -0.4 is 0 Å². The van der Waals surface area contributed by atoms with Crippen molar-refractivity contribution in [2.75, 3.05) is 36.2 Å². The molecule has 1 aliphatic rings. The van der Waals surface area contributed by atoms with E-state index in [4.69, 9.17) is 8.37 Å². The van der Waals surface area contributed by atoms with E-state index in [0.717, 1.165) is 17.9 Å². The number of rotatable bonds is 13. The lowest BCUT2D eigenvalue weighted by atomic mass is 10.00. The number of sulfone groups is 1. The van der Waals surface area contributed by atoms with Gasteiger partial charge in [-0.05, 0) is 57.4 Å². The second-order valence-electron chi connectivity index (χ2n) is 6.33. The fraction of sp³-hybridized carbons (Fsp3) is 0.684. The lowest BCUT2D eigenvalue weighted by Gasteiger charge is -2.52. The van der Waals surface area contributed by atoms with Crippen LogP contribution in [0.4, 0.5) is 0 Å². The molecule has 7 heteroatoms. The van der Waals surface area contributed by atoms with Crippen molar-refractivity contribution in [2.45, 2.75) is 49.7 Å². The second-order valence-corrected chi connectivity index (χ2v) is 12.5. The minimum absolute atomic E-state index is 0.194. The second kappa shape index (κ2) is 11.0. The molecule has 150 valence electrons. The standard InChI is InChI=1S/C19H32O4S3/c1-3-22-26(23-4-2,19-12-8-13-19)16-9-14-24-15-17-25(20,21)18-10-6-5-7-11-18/h5-7,10-11,19H,3-4,8-9,12-17H2,1-2H3. The lowest BCUT2D eigenvalue weighted by Crippen LogP contribution is -2.31. The average molecular weight is 421 g/mol. The Morgan fingerprint density at radius 2 is 1.65 bits per heavy atom. The van der Waals surface area contributed by atoms with Crippen molar-refractivity contribution in [3.05, 3.63) is 30.3 Å². The minimum Gasteiger partial charge on any atom is -0.284 e. The van der Waals surface area contributed by atoms with Crippen LogP contribution in [0.3, 0.4) is 0 Å². The number of hydrogen-bond acceptors (Lipinski definition) is 5. The lowest BCUT2D eigenvalue weighted by molar-refractivity contribution is 0.256. The molecule has 0 atom stereocenters. The van der Waals surface area contributed by atoms with Gasteiger partial charge in [0.25, 0.3) is 0 Å². The molecule has 0 unspecified atom stereocenters. The molecule has 0 aliphatic heterocycles. The van der Waals surface area contributed by atoms with Crippen LogP contribution in [-0.4, -0.2) is 49.9 Å². The molecule has 0 aromatic heterocycles. The van der Waals surface area contributed by atoms with E-state index in [-0.39, 0.29) is 5.75 Å². The van der Waals surface area contributed by atoms with Gasteiger partial charge in [0.05, 0.1) is 23.9 Å². The summed E-state index contributed by atoms with van der Waals surface area (Å²) in [6.07, 6.45) is 4.74. The van der Waals surface area contributed by atoms with Crippen LogP contribution in [0.15, 0.2) is 35.2 Å². The number of thioether (sulfide) groups is 1. The van der Waals surface area contributed by atoms with Gasteiger partial charge >= 0.3 is 0 Å². The van der Waals surface area contributed by atoms with Crippen LogP contribution in [0.1, 0.15) is 39.5 Å². The molecule has 0 N–H and O–H groups in total. The van der Waals surface area contributed by atoms with E-state index < -0.39 is 20.4 Å². The van der Waals surface area contributed by atoms with E-state index in [9.17, 15) is 8.42 Å². The SMILES string of the molecule is CCOS(CCCSCCS(=O)(=O)c1ccccc1)(OCC)C1CCC1. The highest BCUT2D eigenvalue weighted by molar-refractivity contribution is 8.26. The maximum atomic E-state index is 12.3. The Morgan fingerprint density at radius 1 is 1.00 bits per heavy atom. The molecule has 26 heavy (non-hydrogen) atoms. The third-order valence-corrected chi connectivity index (χ3v) is 11.2. The van der Waals surface area contributed by atoms with E-state index in [2.05, 4.69) is 0 Å². The summed E-state index contributed by atoms with van der Waals surface area (Å²) >= 11 is 1.71. The largest absolute Gasteiger partial charge is 0.284 e. The first-order chi connectivity index (χ1) is 12.5. The Kier molecular flexibility index (Phi) is 9.30. The molecule has 1 saturated carbocycles. The minimum atomic E-state index is -3.17. The molecule has 0 saturated heterocycles. The molecule has 0 spiro atoms. The molecular weight excluding hydrogens is 388 g/mol. The summed E-state index contributed by atoms with van der Waals surface area (Å²) in [5.41, 5.74) is 0. The van der Waals surface area contributed by atoms with Crippen molar-refractivity contribution >= 4 is 32.2 Å². The van der Waals surface area contributed by atoms with Gasteiger partial charge in [-0.2, -0.15) is 22.4 Å². The summed E-state index contributed by atoms with van der Waals surface area (Å²) in [6, 6.07) is 8.71. The zero-order valence-corrected chi connectivity index (χ0v) is 18.3. The summed E-state index contributed by atoms with van der Waals surface area (Å²) in [4.78, 5) is 0.418. The molecule has 0 heterocycles. The highest BCUT2D eigenvalue weighted by Gasteiger charge is 2.35. The van der Waals surface area contributed by atoms with Crippen molar-refractivity contribution in [3.8, 4) is 0 Å². The Bertz CT molecular complexity index is 609. The third kappa shape index (κ3) is 6.16. The Labute approximate surface area is 165 Å². The summed E-state index contributed by atoms with van der Waals surface area (Å²) in [5.74, 6) is 2.75. The predicted octanol–water partition coefficient (Wildman–Crippen LogP) is 4.84. The van der Waals surface area contributed by atoms with E-state index in [0.29, 0.717) is 29.1 Å². The maximum absolute atomic E-state index is 12.3. The van der Waals surface area contributed by atoms with E-state index in [1.54, 1.807) is 36.0 Å². The molecule has 0 radical (unpaired) electrons. The smallest absolute Gasteiger partial charge is 0.179 e. The van der Waals surface area contributed by atoms with Crippen molar-refractivity contribution in [1.82, 2.24) is 0 Å². The molecule has 1 aromatic carbocycles. The highest BCUT2D eigenvalue weighted by Crippen LogP contribution is 2.61. The van der Waals surface area contributed by atoms with Gasteiger partial charge in [-0.3, -0.25) is 8.37 Å². The van der Waals surface area contributed by atoms with E-state index in [1.807, 2.05) is 19.9 Å². The first-order valence-corrected chi connectivity index (χ1v) is 14.0. The fourth-order valence-corrected chi connectivity index (χ4v) is 9.33. The normalized spacial score (nSPS) is 16.4. The Hall–Kier alpha value is -0.210. The highest BCUT2D eigenvalue weighted by atomic mass is 32.3. The molecule has 2 rings (SSSR count). The van der Waals surface area contributed by atoms with Gasteiger partial charge in [0.2, 0.25) is 0 Å². The molecule has 0 bridgehead atoms. The van der Waals surface area contributed by atoms with E-state index in [1.165, 1.54) is 19.3 Å². The molecule has 4 nitrogen and oxygen atoms in total. The number of benzene rings is 1. The molecule has 1 fully saturated rings. The van der Waals surface area contributed by atoms with E-state index >= 15 is 0 Å². The van der Waals surface area contributed by atoms with Crippen molar-refractivity contribution in [1.29, 1.82) is 0 Å².